The molecule has 0 aliphatic carbocycles. The summed E-state index contributed by atoms with van der Waals surface area (Å²) in [6, 6.07) is 5.02. The first-order valence-corrected chi connectivity index (χ1v) is 8.29. The Hall–Kier alpha value is -2.62. The SMILES string of the molecule is COC(=O)CN(CC(=O)OC)C(=O)CN1C(=O)COc2cc(Br)ccc21. The van der Waals surface area contributed by atoms with Crippen molar-refractivity contribution in [3.8, 4) is 5.75 Å². The Bertz CT molecular complexity index is 719. The molecule has 26 heavy (non-hydrogen) atoms. The fourth-order valence-corrected chi connectivity index (χ4v) is 2.60. The highest BCUT2D eigenvalue weighted by atomic mass is 79.9. The van der Waals surface area contributed by atoms with Crippen molar-refractivity contribution in [2.24, 2.45) is 0 Å². The summed E-state index contributed by atoms with van der Waals surface area (Å²) in [7, 11) is 2.34. The molecule has 1 aromatic rings. The van der Waals surface area contributed by atoms with Crippen LogP contribution in [0.25, 0.3) is 0 Å². The molecule has 0 unspecified atom stereocenters. The molecule has 1 aromatic carbocycles. The molecular formula is C16H17BrN2O7. The Morgan fingerprint density at radius 2 is 1.81 bits per heavy atom. The lowest BCUT2D eigenvalue weighted by atomic mass is 10.2. The molecule has 0 aromatic heterocycles. The van der Waals surface area contributed by atoms with Gasteiger partial charge in [-0.05, 0) is 18.2 Å². The van der Waals surface area contributed by atoms with Gasteiger partial charge in [-0.1, -0.05) is 15.9 Å². The van der Waals surface area contributed by atoms with Crippen molar-refractivity contribution in [3.63, 3.8) is 0 Å². The summed E-state index contributed by atoms with van der Waals surface area (Å²) in [4.78, 5) is 50.0. The van der Waals surface area contributed by atoms with Crippen LogP contribution < -0.4 is 9.64 Å². The molecule has 0 bridgehead atoms. The lowest BCUT2D eigenvalue weighted by molar-refractivity contribution is -0.151. The van der Waals surface area contributed by atoms with Gasteiger partial charge < -0.3 is 19.1 Å². The number of hydrogen-bond acceptors (Lipinski definition) is 7. The molecule has 2 amide bonds. The third-order valence-corrected chi connectivity index (χ3v) is 4.10. The largest absolute Gasteiger partial charge is 0.482 e. The standard InChI is InChI=1S/C16H17BrN2O7/c1-24-15(22)7-18(8-16(23)25-2)13(20)6-19-11-4-3-10(17)5-12(11)26-9-14(19)21/h3-5H,6-9H2,1-2H3. The number of carbonyl (C=O) groups is 4. The van der Waals surface area contributed by atoms with Gasteiger partial charge in [0.05, 0.1) is 19.9 Å². The summed E-state index contributed by atoms with van der Waals surface area (Å²) >= 11 is 3.31. The Morgan fingerprint density at radius 3 is 2.38 bits per heavy atom. The molecule has 0 radical (unpaired) electrons. The zero-order valence-electron chi connectivity index (χ0n) is 14.2. The maximum absolute atomic E-state index is 12.6. The summed E-state index contributed by atoms with van der Waals surface area (Å²) in [6.07, 6.45) is 0. The maximum Gasteiger partial charge on any atom is 0.325 e. The average Bonchev–Trinajstić information content (AvgIpc) is 2.62. The van der Waals surface area contributed by atoms with Crippen LogP contribution in [0.1, 0.15) is 0 Å². The Morgan fingerprint density at radius 1 is 1.19 bits per heavy atom. The number of rotatable bonds is 6. The summed E-state index contributed by atoms with van der Waals surface area (Å²) < 4.78 is 15.2. The summed E-state index contributed by atoms with van der Waals surface area (Å²) in [5.74, 6) is -1.96. The van der Waals surface area contributed by atoms with Gasteiger partial charge in [-0.15, -0.1) is 0 Å². The molecule has 0 N–H and O–H groups in total. The van der Waals surface area contributed by atoms with Gasteiger partial charge in [-0.2, -0.15) is 0 Å². The van der Waals surface area contributed by atoms with Crippen molar-refractivity contribution in [1.29, 1.82) is 0 Å². The van der Waals surface area contributed by atoms with Crippen molar-refractivity contribution in [2.75, 3.05) is 45.4 Å². The fourth-order valence-electron chi connectivity index (χ4n) is 2.26. The maximum atomic E-state index is 12.6. The number of hydrogen-bond donors (Lipinski definition) is 0. The van der Waals surface area contributed by atoms with E-state index in [1.54, 1.807) is 18.2 Å². The lowest BCUT2D eigenvalue weighted by Crippen LogP contribution is -2.49. The van der Waals surface area contributed by atoms with E-state index in [0.717, 1.165) is 9.37 Å². The van der Waals surface area contributed by atoms with Gasteiger partial charge in [0.15, 0.2) is 6.61 Å². The first kappa shape index (κ1) is 19.7. The quantitative estimate of drug-likeness (QED) is 0.602. The second-order valence-electron chi connectivity index (χ2n) is 5.28. The van der Waals surface area contributed by atoms with Crippen LogP contribution in [-0.2, 0) is 28.7 Å². The van der Waals surface area contributed by atoms with Crippen LogP contribution in [0, 0.1) is 0 Å². The van der Waals surface area contributed by atoms with Gasteiger partial charge in [0, 0.05) is 4.47 Å². The van der Waals surface area contributed by atoms with Crippen molar-refractivity contribution in [1.82, 2.24) is 4.90 Å². The number of halogens is 1. The molecule has 0 fully saturated rings. The number of methoxy groups -OCH3 is 2. The summed E-state index contributed by atoms with van der Waals surface area (Å²) in [5, 5.41) is 0. The average molecular weight is 429 g/mol. The molecule has 0 saturated carbocycles. The second kappa shape index (κ2) is 8.65. The molecular weight excluding hydrogens is 412 g/mol. The predicted molar refractivity (Wildman–Crippen MR) is 92.6 cm³/mol. The number of nitrogens with zero attached hydrogens (tertiary/aromatic N) is 2. The van der Waals surface area contributed by atoms with E-state index in [1.165, 1.54) is 19.1 Å². The van der Waals surface area contributed by atoms with Crippen LogP contribution in [0.3, 0.4) is 0 Å². The summed E-state index contributed by atoms with van der Waals surface area (Å²) in [6.45, 7) is -1.44. The van der Waals surface area contributed by atoms with Crippen LogP contribution in [0.4, 0.5) is 5.69 Å². The molecule has 0 atom stereocenters. The minimum absolute atomic E-state index is 0.218. The Kier molecular flexibility index (Phi) is 6.56. The molecule has 1 aliphatic heterocycles. The van der Waals surface area contributed by atoms with Crippen LogP contribution >= 0.6 is 15.9 Å². The third-order valence-electron chi connectivity index (χ3n) is 3.61. The van der Waals surface area contributed by atoms with E-state index in [2.05, 4.69) is 25.4 Å². The van der Waals surface area contributed by atoms with Crippen LogP contribution in [-0.4, -0.2) is 69.1 Å². The van der Waals surface area contributed by atoms with Gasteiger partial charge in [0.25, 0.3) is 5.91 Å². The Balaban J connectivity index is 2.20. The van der Waals surface area contributed by atoms with E-state index < -0.39 is 36.8 Å². The number of esters is 2. The van der Waals surface area contributed by atoms with Gasteiger partial charge >= 0.3 is 11.9 Å². The highest BCUT2D eigenvalue weighted by Gasteiger charge is 2.30. The Labute approximate surface area is 157 Å². The number of anilines is 1. The molecule has 1 heterocycles. The van der Waals surface area contributed by atoms with Gasteiger partial charge in [0.2, 0.25) is 5.91 Å². The van der Waals surface area contributed by atoms with E-state index in [4.69, 9.17) is 4.74 Å². The van der Waals surface area contributed by atoms with Crippen LogP contribution in [0.5, 0.6) is 5.75 Å². The second-order valence-corrected chi connectivity index (χ2v) is 6.20. The highest BCUT2D eigenvalue weighted by molar-refractivity contribution is 9.10. The lowest BCUT2D eigenvalue weighted by Gasteiger charge is -2.30. The highest BCUT2D eigenvalue weighted by Crippen LogP contribution is 2.34. The summed E-state index contributed by atoms with van der Waals surface area (Å²) in [5.41, 5.74) is 0.425. The first-order valence-electron chi connectivity index (χ1n) is 7.49. The zero-order valence-corrected chi connectivity index (χ0v) is 15.8. The van der Waals surface area contributed by atoms with E-state index in [-0.39, 0.29) is 13.2 Å². The molecule has 2 rings (SSSR count). The minimum Gasteiger partial charge on any atom is -0.482 e. The fraction of sp³-hybridized carbons (Fsp3) is 0.375. The third kappa shape index (κ3) is 4.72. The molecule has 0 saturated heterocycles. The number of benzene rings is 1. The minimum atomic E-state index is -0.695. The normalized spacial score (nSPS) is 12.7. The van der Waals surface area contributed by atoms with Crippen molar-refractivity contribution in [3.05, 3.63) is 22.7 Å². The van der Waals surface area contributed by atoms with Crippen LogP contribution in [0.2, 0.25) is 0 Å². The van der Waals surface area contributed by atoms with Gasteiger partial charge in [0.1, 0.15) is 25.4 Å². The zero-order chi connectivity index (χ0) is 19.3. The van der Waals surface area contributed by atoms with Gasteiger partial charge in [-0.3, -0.25) is 24.1 Å². The molecule has 9 nitrogen and oxygen atoms in total. The molecule has 10 heteroatoms. The van der Waals surface area contributed by atoms with Gasteiger partial charge in [-0.25, -0.2) is 0 Å². The van der Waals surface area contributed by atoms with Crippen molar-refractivity contribution in [2.45, 2.75) is 0 Å². The number of fused-ring (bicyclic) bond motifs is 1. The predicted octanol–water partition coefficient (Wildman–Crippen LogP) is 0.349. The first-order chi connectivity index (χ1) is 12.3. The molecule has 140 valence electrons. The van der Waals surface area contributed by atoms with E-state index in [9.17, 15) is 19.2 Å². The molecule has 1 aliphatic rings. The van der Waals surface area contributed by atoms with E-state index in [1.807, 2.05) is 0 Å². The number of ether oxygens (including phenoxy) is 3. The number of carbonyl (C=O) groups excluding carboxylic acids is 4. The van der Waals surface area contributed by atoms with Crippen LogP contribution in [0.15, 0.2) is 22.7 Å². The molecule has 0 spiro atoms. The smallest absolute Gasteiger partial charge is 0.325 e. The van der Waals surface area contributed by atoms with Crippen molar-refractivity contribution < 1.29 is 33.4 Å². The van der Waals surface area contributed by atoms with Crippen molar-refractivity contribution >= 4 is 45.4 Å². The van der Waals surface area contributed by atoms with E-state index in [0.29, 0.717) is 11.4 Å². The number of amides is 2. The monoisotopic (exact) mass is 428 g/mol. The topological polar surface area (TPSA) is 102 Å². The van der Waals surface area contributed by atoms with E-state index >= 15 is 0 Å².